The summed E-state index contributed by atoms with van der Waals surface area (Å²) >= 11 is 0. The summed E-state index contributed by atoms with van der Waals surface area (Å²) in [6, 6.07) is 15.6. The Balaban J connectivity index is 2.07. The lowest BCUT2D eigenvalue weighted by Crippen LogP contribution is -2.51. The van der Waals surface area contributed by atoms with Crippen LogP contribution in [0.25, 0.3) is 0 Å². The zero-order chi connectivity index (χ0) is 20.2. The number of quaternary nitrogens is 1. The van der Waals surface area contributed by atoms with E-state index < -0.39 is 10.0 Å². The summed E-state index contributed by atoms with van der Waals surface area (Å²) in [5.41, 5.74) is 9.45. The molecule has 0 bridgehead atoms. The van der Waals surface area contributed by atoms with Crippen molar-refractivity contribution in [2.75, 3.05) is 26.0 Å². The summed E-state index contributed by atoms with van der Waals surface area (Å²) in [5.74, 6) is 0.871. The minimum atomic E-state index is -3.45. The summed E-state index contributed by atoms with van der Waals surface area (Å²) < 4.78 is 31.5. The van der Waals surface area contributed by atoms with Crippen molar-refractivity contribution < 1.29 is 13.2 Å². The normalized spacial score (nSPS) is 19.3. The Morgan fingerprint density at radius 1 is 1.14 bits per heavy atom. The number of nitrogens with two attached hydrogens (primary N) is 1. The van der Waals surface area contributed by atoms with E-state index in [0.717, 1.165) is 28.1 Å². The average Bonchev–Trinajstić information content (AvgIpc) is 2.74. The van der Waals surface area contributed by atoms with E-state index in [0.29, 0.717) is 19.5 Å². The average molecular weight is 400 g/mol. The molecule has 2 aromatic rings. The predicted molar refractivity (Wildman–Crippen MR) is 115 cm³/mol. The lowest BCUT2D eigenvalue weighted by Gasteiger charge is -2.34. The molecule has 1 aliphatic heterocycles. The number of sulfonamides is 1. The van der Waals surface area contributed by atoms with Gasteiger partial charge in [0.15, 0.2) is 5.69 Å². The molecule has 0 aromatic heterocycles. The molecule has 3 rings (SSSR count). The number of nitrogens with zero attached hydrogens (tertiary/aromatic N) is 1. The van der Waals surface area contributed by atoms with Crippen LogP contribution in [0.5, 0.6) is 5.75 Å². The topological polar surface area (TPSA) is 69.4 Å². The lowest BCUT2D eigenvalue weighted by molar-refractivity contribution is 0.410. The van der Waals surface area contributed by atoms with Gasteiger partial charge in [-0.1, -0.05) is 36.4 Å². The summed E-state index contributed by atoms with van der Waals surface area (Å²) in [5, 5.41) is 0. The smallest absolute Gasteiger partial charge is 0.306 e. The third-order valence-electron chi connectivity index (χ3n) is 5.11. The Morgan fingerprint density at radius 3 is 2.64 bits per heavy atom. The standard InChI is InChI=1S/C22H27N2O3S/c1-3-28(25,26)24(13-7-9-19(16-23)17-24)21-11-6-8-18(15-21)14-20-10-4-5-12-22(20)27-2/h4-12,15,17H,3,13-14,16,23H2,1-2H3/q+1. The fraction of sp³-hybridized carbons (Fsp3) is 0.273. The summed E-state index contributed by atoms with van der Waals surface area (Å²) in [7, 11) is -1.80. The molecule has 2 N–H and O–H groups in total. The van der Waals surface area contributed by atoms with Gasteiger partial charge in [-0.3, -0.25) is 0 Å². The number of rotatable bonds is 7. The second kappa shape index (κ2) is 8.31. The van der Waals surface area contributed by atoms with Crippen LogP contribution in [-0.4, -0.2) is 34.4 Å². The number of hydrogen-bond donors (Lipinski definition) is 1. The van der Waals surface area contributed by atoms with Crippen LogP contribution in [0.3, 0.4) is 0 Å². The van der Waals surface area contributed by atoms with Gasteiger partial charge in [-0.05, 0) is 30.2 Å². The molecule has 0 radical (unpaired) electrons. The van der Waals surface area contributed by atoms with Gasteiger partial charge in [-0.25, -0.2) is 0 Å². The number of para-hydroxylation sites is 1. The van der Waals surface area contributed by atoms with Crippen LogP contribution in [0.4, 0.5) is 5.69 Å². The van der Waals surface area contributed by atoms with Gasteiger partial charge in [0, 0.05) is 30.7 Å². The van der Waals surface area contributed by atoms with E-state index in [-0.39, 0.29) is 9.64 Å². The van der Waals surface area contributed by atoms with E-state index in [2.05, 4.69) is 0 Å². The minimum Gasteiger partial charge on any atom is -0.496 e. The van der Waals surface area contributed by atoms with E-state index >= 15 is 0 Å². The van der Waals surface area contributed by atoms with Crippen LogP contribution in [0.2, 0.25) is 0 Å². The third kappa shape index (κ3) is 3.76. The van der Waals surface area contributed by atoms with E-state index in [1.807, 2.05) is 60.7 Å². The first-order valence-corrected chi connectivity index (χ1v) is 11.0. The molecule has 148 valence electrons. The van der Waals surface area contributed by atoms with Crippen molar-refractivity contribution in [3.63, 3.8) is 0 Å². The number of methoxy groups -OCH3 is 1. The zero-order valence-corrected chi connectivity index (χ0v) is 17.2. The second-order valence-electron chi connectivity index (χ2n) is 6.82. The zero-order valence-electron chi connectivity index (χ0n) is 16.3. The van der Waals surface area contributed by atoms with Crippen LogP contribution in [0.1, 0.15) is 18.1 Å². The van der Waals surface area contributed by atoms with Gasteiger partial charge in [0.1, 0.15) is 18.5 Å². The van der Waals surface area contributed by atoms with Crippen molar-refractivity contribution >= 4 is 15.7 Å². The van der Waals surface area contributed by atoms with Crippen LogP contribution in [0.15, 0.2) is 72.5 Å². The van der Waals surface area contributed by atoms with Gasteiger partial charge in [0.05, 0.1) is 12.9 Å². The van der Waals surface area contributed by atoms with E-state index in [1.165, 1.54) is 0 Å². The van der Waals surface area contributed by atoms with Crippen molar-refractivity contribution in [3.8, 4) is 5.75 Å². The predicted octanol–water partition coefficient (Wildman–Crippen LogP) is 3.36. The van der Waals surface area contributed by atoms with Gasteiger partial charge in [0.25, 0.3) is 0 Å². The maximum Gasteiger partial charge on any atom is 0.306 e. The Hall–Kier alpha value is -2.41. The monoisotopic (exact) mass is 399 g/mol. The molecule has 1 aliphatic rings. The Kier molecular flexibility index (Phi) is 6.03. The molecule has 5 nitrogen and oxygen atoms in total. The highest BCUT2D eigenvalue weighted by Crippen LogP contribution is 2.34. The molecule has 28 heavy (non-hydrogen) atoms. The van der Waals surface area contributed by atoms with Crippen LogP contribution in [-0.2, 0) is 16.4 Å². The highest BCUT2D eigenvalue weighted by molar-refractivity contribution is 7.91. The molecule has 0 saturated carbocycles. The van der Waals surface area contributed by atoms with Gasteiger partial charge in [-0.2, -0.15) is 12.3 Å². The SMILES string of the molecule is CCS(=O)(=O)[N+]1(c2cccc(Cc3ccccc3OC)c2)C=C(CN)C=CC1. The van der Waals surface area contributed by atoms with Gasteiger partial charge in [-0.15, -0.1) is 0 Å². The molecule has 1 atom stereocenters. The van der Waals surface area contributed by atoms with Gasteiger partial charge >= 0.3 is 10.0 Å². The fourth-order valence-corrected chi connectivity index (χ4v) is 5.09. The number of ether oxygens (including phenoxy) is 1. The third-order valence-corrected chi connectivity index (χ3v) is 7.30. The largest absolute Gasteiger partial charge is 0.496 e. The second-order valence-corrected chi connectivity index (χ2v) is 9.21. The summed E-state index contributed by atoms with van der Waals surface area (Å²) in [6.07, 6.45) is 6.23. The van der Waals surface area contributed by atoms with E-state index in [9.17, 15) is 8.42 Å². The van der Waals surface area contributed by atoms with Crippen LogP contribution < -0.4 is 14.4 Å². The van der Waals surface area contributed by atoms with Crippen molar-refractivity contribution in [3.05, 3.63) is 83.6 Å². The molecule has 0 amide bonds. The molecule has 1 heterocycles. The summed E-state index contributed by atoms with van der Waals surface area (Å²) in [4.78, 5) is 0. The van der Waals surface area contributed by atoms with Crippen molar-refractivity contribution in [1.29, 1.82) is 0 Å². The fourth-order valence-electron chi connectivity index (χ4n) is 3.58. The Bertz CT molecular complexity index is 1010. The highest BCUT2D eigenvalue weighted by Gasteiger charge is 2.42. The Labute approximate surface area is 167 Å². The molecule has 6 heteroatoms. The molecule has 0 spiro atoms. The van der Waals surface area contributed by atoms with Gasteiger partial charge in [0.2, 0.25) is 0 Å². The molecular formula is C22H27N2O3S+. The van der Waals surface area contributed by atoms with E-state index in [4.69, 9.17) is 10.5 Å². The Morgan fingerprint density at radius 2 is 1.93 bits per heavy atom. The van der Waals surface area contributed by atoms with Crippen LogP contribution in [0, 0.1) is 0 Å². The maximum atomic E-state index is 13.1. The van der Waals surface area contributed by atoms with Gasteiger partial charge < -0.3 is 10.5 Å². The minimum absolute atomic E-state index is 0.0475. The molecule has 0 fully saturated rings. The first-order valence-electron chi connectivity index (χ1n) is 9.36. The number of hydrogen-bond acceptors (Lipinski definition) is 4. The van der Waals surface area contributed by atoms with Crippen molar-refractivity contribution in [2.45, 2.75) is 13.3 Å². The molecular weight excluding hydrogens is 372 g/mol. The number of benzene rings is 2. The first-order chi connectivity index (χ1) is 13.5. The molecule has 0 aliphatic carbocycles. The molecule has 0 saturated heterocycles. The first kappa shape index (κ1) is 20.3. The molecule has 2 aromatic carbocycles. The van der Waals surface area contributed by atoms with Crippen LogP contribution >= 0.6 is 0 Å². The summed E-state index contributed by atoms with van der Waals surface area (Å²) in [6.45, 7) is 2.34. The maximum absolute atomic E-state index is 13.1. The van der Waals surface area contributed by atoms with Crippen molar-refractivity contribution in [1.82, 2.24) is 3.89 Å². The lowest BCUT2D eigenvalue weighted by atomic mass is 10.0. The molecule has 1 unspecified atom stereocenters. The highest BCUT2D eigenvalue weighted by atomic mass is 32.2. The van der Waals surface area contributed by atoms with Crippen molar-refractivity contribution in [2.24, 2.45) is 5.73 Å². The quantitative estimate of drug-likeness (QED) is 0.725. The van der Waals surface area contributed by atoms with E-state index in [1.54, 1.807) is 20.2 Å².